The number of likely N-dealkylation sites (tertiary alicyclic amines) is 1. The average molecular weight is 252 g/mol. The SMILES string of the molecule is CC(C)C(=O)N1CCCC1c1cccc(Cl)c1. The van der Waals surface area contributed by atoms with Gasteiger partial charge in [0.05, 0.1) is 6.04 Å². The maximum absolute atomic E-state index is 12.1. The highest BCUT2D eigenvalue weighted by Crippen LogP contribution is 2.33. The van der Waals surface area contributed by atoms with Gasteiger partial charge in [-0.3, -0.25) is 4.79 Å². The lowest BCUT2D eigenvalue weighted by molar-refractivity contribution is -0.135. The second kappa shape index (κ2) is 5.09. The van der Waals surface area contributed by atoms with E-state index in [-0.39, 0.29) is 17.9 Å². The Bertz CT molecular complexity index is 416. The summed E-state index contributed by atoms with van der Waals surface area (Å²) in [7, 11) is 0. The van der Waals surface area contributed by atoms with Gasteiger partial charge < -0.3 is 4.90 Å². The van der Waals surface area contributed by atoms with E-state index in [4.69, 9.17) is 11.6 Å². The van der Waals surface area contributed by atoms with Crippen LogP contribution in [0.15, 0.2) is 24.3 Å². The Kier molecular flexibility index (Phi) is 3.72. The number of amides is 1. The monoisotopic (exact) mass is 251 g/mol. The number of hydrogen-bond donors (Lipinski definition) is 0. The molecule has 3 heteroatoms. The first-order valence-corrected chi connectivity index (χ1v) is 6.53. The number of halogens is 1. The largest absolute Gasteiger partial charge is 0.335 e. The fourth-order valence-electron chi connectivity index (χ4n) is 2.42. The Labute approximate surface area is 108 Å². The van der Waals surface area contributed by atoms with Gasteiger partial charge in [-0.2, -0.15) is 0 Å². The third-order valence-corrected chi connectivity index (χ3v) is 3.50. The van der Waals surface area contributed by atoms with Gasteiger partial charge in [0, 0.05) is 17.5 Å². The van der Waals surface area contributed by atoms with E-state index >= 15 is 0 Å². The number of benzene rings is 1. The van der Waals surface area contributed by atoms with Crippen LogP contribution in [0.25, 0.3) is 0 Å². The molecule has 1 aromatic carbocycles. The molecular formula is C14H18ClNO. The average Bonchev–Trinajstić information content (AvgIpc) is 2.76. The molecule has 1 saturated heterocycles. The minimum atomic E-state index is 0.0646. The molecule has 1 aliphatic heterocycles. The van der Waals surface area contributed by atoms with Crippen molar-refractivity contribution in [2.24, 2.45) is 5.92 Å². The van der Waals surface area contributed by atoms with Crippen LogP contribution < -0.4 is 0 Å². The molecule has 17 heavy (non-hydrogen) atoms. The predicted molar refractivity (Wildman–Crippen MR) is 70.0 cm³/mol. The third kappa shape index (κ3) is 2.63. The van der Waals surface area contributed by atoms with E-state index < -0.39 is 0 Å². The molecule has 0 aliphatic carbocycles. The van der Waals surface area contributed by atoms with Crippen molar-refractivity contribution in [3.63, 3.8) is 0 Å². The molecule has 1 heterocycles. The lowest BCUT2D eigenvalue weighted by atomic mass is 10.0. The lowest BCUT2D eigenvalue weighted by Gasteiger charge is -2.26. The fraction of sp³-hybridized carbons (Fsp3) is 0.500. The number of hydrogen-bond acceptors (Lipinski definition) is 1. The van der Waals surface area contributed by atoms with Gasteiger partial charge in [-0.15, -0.1) is 0 Å². The van der Waals surface area contributed by atoms with E-state index in [2.05, 4.69) is 6.07 Å². The molecule has 0 N–H and O–H groups in total. The van der Waals surface area contributed by atoms with Crippen molar-refractivity contribution in [2.75, 3.05) is 6.54 Å². The highest BCUT2D eigenvalue weighted by molar-refractivity contribution is 6.30. The molecule has 1 amide bonds. The summed E-state index contributed by atoms with van der Waals surface area (Å²) < 4.78 is 0. The van der Waals surface area contributed by atoms with Crippen LogP contribution in [0.3, 0.4) is 0 Å². The first-order valence-electron chi connectivity index (χ1n) is 6.15. The van der Waals surface area contributed by atoms with E-state index in [9.17, 15) is 4.79 Å². The summed E-state index contributed by atoms with van der Waals surface area (Å²) in [5.41, 5.74) is 1.16. The van der Waals surface area contributed by atoms with Gasteiger partial charge in [0.25, 0.3) is 0 Å². The molecule has 0 bridgehead atoms. The molecule has 0 saturated carbocycles. The van der Waals surface area contributed by atoms with Gasteiger partial charge in [0.1, 0.15) is 0 Å². The second-order valence-electron chi connectivity index (χ2n) is 4.90. The van der Waals surface area contributed by atoms with Crippen LogP contribution in [-0.4, -0.2) is 17.4 Å². The van der Waals surface area contributed by atoms with Crippen molar-refractivity contribution in [1.29, 1.82) is 0 Å². The molecule has 2 nitrogen and oxygen atoms in total. The van der Waals surface area contributed by atoms with Crippen LogP contribution in [0.5, 0.6) is 0 Å². The normalized spacial score (nSPS) is 20.0. The Morgan fingerprint density at radius 3 is 2.88 bits per heavy atom. The standard InChI is InChI=1S/C14H18ClNO/c1-10(2)14(17)16-8-4-7-13(16)11-5-3-6-12(15)9-11/h3,5-6,9-10,13H,4,7-8H2,1-2H3. The van der Waals surface area contributed by atoms with Crippen molar-refractivity contribution in [3.8, 4) is 0 Å². The van der Waals surface area contributed by atoms with Crippen molar-refractivity contribution in [2.45, 2.75) is 32.7 Å². The van der Waals surface area contributed by atoms with Crippen molar-refractivity contribution < 1.29 is 4.79 Å². The predicted octanol–water partition coefficient (Wildman–Crippen LogP) is 3.66. The summed E-state index contributed by atoms with van der Waals surface area (Å²) in [6.07, 6.45) is 2.12. The minimum absolute atomic E-state index is 0.0646. The number of nitrogens with zero attached hydrogens (tertiary/aromatic N) is 1. The molecule has 92 valence electrons. The molecule has 1 atom stereocenters. The molecule has 1 unspecified atom stereocenters. The Morgan fingerprint density at radius 1 is 1.47 bits per heavy atom. The first-order chi connectivity index (χ1) is 8.09. The number of carbonyl (C=O) groups excluding carboxylic acids is 1. The van der Waals surface area contributed by atoms with Gasteiger partial charge in [0.15, 0.2) is 0 Å². The van der Waals surface area contributed by atoms with Crippen LogP contribution in [0, 0.1) is 5.92 Å². The fourth-order valence-corrected chi connectivity index (χ4v) is 2.62. The summed E-state index contributed by atoms with van der Waals surface area (Å²) in [6.45, 7) is 4.78. The zero-order valence-corrected chi connectivity index (χ0v) is 11.1. The second-order valence-corrected chi connectivity index (χ2v) is 5.34. The van der Waals surface area contributed by atoms with Crippen LogP contribution in [0.2, 0.25) is 5.02 Å². The van der Waals surface area contributed by atoms with Crippen LogP contribution in [0.4, 0.5) is 0 Å². The van der Waals surface area contributed by atoms with Crippen molar-refractivity contribution in [1.82, 2.24) is 4.90 Å². The Balaban J connectivity index is 2.23. The highest BCUT2D eigenvalue weighted by atomic mass is 35.5. The van der Waals surface area contributed by atoms with Crippen molar-refractivity contribution in [3.05, 3.63) is 34.9 Å². The summed E-state index contributed by atoms with van der Waals surface area (Å²) in [4.78, 5) is 14.1. The van der Waals surface area contributed by atoms with Gasteiger partial charge >= 0.3 is 0 Å². The zero-order valence-electron chi connectivity index (χ0n) is 10.3. The van der Waals surface area contributed by atoms with Crippen LogP contribution in [-0.2, 0) is 4.79 Å². The van der Waals surface area contributed by atoms with Gasteiger partial charge in [0.2, 0.25) is 5.91 Å². The molecule has 1 fully saturated rings. The van der Waals surface area contributed by atoms with Gasteiger partial charge in [-0.1, -0.05) is 37.6 Å². The lowest BCUT2D eigenvalue weighted by Crippen LogP contribution is -2.33. The van der Waals surface area contributed by atoms with E-state index in [1.54, 1.807) is 0 Å². The van der Waals surface area contributed by atoms with E-state index in [0.717, 1.165) is 30.0 Å². The molecule has 0 spiro atoms. The van der Waals surface area contributed by atoms with Crippen LogP contribution in [0.1, 0.15) is 38.3 Å². The van der Waals surface area contributed by atoms with Gasteiger partial charge in [-0.05, 0) is 30.5 Å². The molecule has 0 aromatic heterocycles. The number of carbonyl (C=O) groups is 1. The molecule has 1 aromatic rings. The first kappa shape index (κ1) is 12.4. The summed E-state index contributed by atoms with van der Waals surface area (Å²) in [5.74, 6) is 0.308. The van der Waals surface area contributed by atoms with E-state index in [0.29, 0.717) is 0 Å². The smallest absolute Gasteiger partial charge is 0.225 e. The number of rotatable bonds is 2. The maximum Gasteiger partial charge on any atom is 0.225 e. The third-order valence-electron chi connectivity index (χ3n) is 3.26. The maximum atomic E-state index is 12.1. The topological polar surface area (TPSA) is 20.3 Å². The van der Waals surface area contributed by atoms with E-state index in [1.807, 2.05) is 36.9 Å². The Morgan fingerprint density at radius 2 is 2.24 bits per heavy atom. The van der Waals surface area contributed by atoms with Crippen LogP contribution >= 0.6 is 11.6 Å². The molecule has 1 aliphatic rings. The van der Waals surface area contributed by atoms with E-state index in [1.165, 1.54) is 0 Å². The van der Waals surface area contributed by atoms with Gasteiger partial charge in [-0.25, -0.2) is 0 Å². The molecule has 2 rings (SSSR count). The summed E-state index contributed by atoms with van der Waals surface area (Å²) >= 11 is 6.01. The summed E-state index contributed by atoms with van der Waals surface area (Å²) in [6, 6.07) is 8.06. The Hall–Kier alpha value is -1.02. The van der Waals surface area contributed by atoms with Crippen molar-refractivity contribution >= 4 is 17.5 Å². The highest BCUT2D eigenvalue weighted by Gasteiger charge is 2.30. The molecular weight excluding hydrogens is 234 g/mol. The minimum Gasteiger partial charge on any atom is -0.335 e. The zero-order chi connectivity index (χ0) is 12.4. The quantitative estimate of drug-likeness (QED) is 0.786. The molecule has 0 radical (unpaired) electrons. The summed E-state index contributed by atoms with van der Waals surface area (Å²) in [5, 5.41) is 0.742.